The van der Waals surface area contributed by atoms with Crippen molar-refractivity contribution in [2.45, 2.75) is 20.8 Å². The number of hydrogen-bond donors (Lipinski definition) is 0. The zero-order chi connectivity index (χ0) is 11.7. The van der Waals surface area contributed by atoms with Gasteiger partial charge in [0.15, 0.2) is 5.78 Å². The van der Waals surface area contributed by atoms with Crippen molar-refractivity contribution in [2.24, 2.45) is 5.92 Å². The van der Waals surface area contributed by atoms with E-state index in [1.165, 1.54) is 0 Å². The van der Waals surface area contributed by atoms with Gasteiger partial charge in [-0.05, 0) is 19.1 Å². The number of Topliss-reactive ketones (excluding diaryl/α,β-unsaturated/α-hetero) is 1. The third kappa shape index (κ3) is 1.81. The molecule has 0 amide bonds. The summed E-state index contributed by atoms with van der Waals surface area (Å²) >= 11 is 0. The first-order chi connectivity index (χ1) is 7.59. The van der Waals surface area contributed by atoms with Crippen LogP contribution >= 0.6 is 0 Å². The van der Waals surface area contributed by atoms with E-state index < -0.39 is 0 Å². The van der Waals surface area contributed by atoms with E-state index in [9.17, 15) is 4.79 Å². The fourth-order valence-corrected chi connectivity index (χ4v) is 1.60. The number of rotatable bonds is 2. The lowest BCUT2D eigenvalue weighted by atomic mass is 10.0. The topological polar surface area (TPSA) is 42.9 Å². The normalized spacial score (nSPS) is 11.0. The van der Waals surface area contributed by atoms with Crippen LogP contribution in [-0.2, 0) is 0 Å². The van der Waals surface area contributed by atoms with Crippen LogP contribution < -0.4 is 0 Å². The first-order valence-corrected chi connectivity index (χ1v) is 5.37. The monoisotopic (exact) mass is 214 g/mol. The number of aryl methyl sites for hydroxylation is 1. The molecule has 2 aromatic rings. The summed E-state index contributed by atoms with van der Waals surface area (Å²) < 4.78 is 0. The minimum absolute atomic E-state index is 0.0471. The molecule has 0 aliphatic rings. The van der Waals surface area contributed by atoms with E-state index in [-0.39, 0.29) is 11.7 Å². The molecule has 0 saturated heterocycles. The molecule has 3 nitrogen and oxygen atoms in total. The Kier molecular flexibility index (Phi) is 2.69. The zero-order valence-corrected chi connectivity index (χ0v) is 9.69. The second kappa shape index (κ2) is 4.00. The molecule has 0 aliphatic carbocycles. The zero-order valence-electron chi connectivity index (χ0n) is 9.69. The molecular formula is C13H14N2O. The van der Waals surface area contributed by atoms with Gasteiger partial charge >= 0.3 is 0 Å². The number of para-hydroxylation sites is 2. The van der Waals surface area contributed by atoms with E-state index in [0.717, 1.165) is 11.0 Å². The molecule has 0 atom stereocenters. The minimum Gasteiger partial charge on any atom is -0.292 e. The molecule has 16 heavy (non-hydrogen) atoms. The van der Waals surface area contributed by atoms with E-state index in [4.69, 9.17) is 0 Å². The second-order valence-electron chi connectivity index (χ2n) is 4.17. The summed E-state index contributed by atoms with van der Waals surface area (Å²) in [5, 5.41) is 0. The van der Waals surface area contributed by atoms with Crippen LogP contribution in [-0.4, -0.2) is 15.8 Å². The molecule has 0 aliphatic heterocycles. The van der Waals surface area contributed by atoms with E-state index in [0.29, 0.717) is 11.4 Å². The molecule has 0 spiro atoms. The molecule has 3 heteroatoms. The Morgan fingerprint density at radius 3 is 2.25 bits per heavy atom. The van der Waals surface area contributed by atoms with Gasteiger partial charge in [0.25, 0.3) is 0 Å². The van der Waals surface area contributed by atoms with Crippen molar-refractivity contribution in [1.82, 2.24) is 9.97 Å². The Hall–Kier alpha value is -1.77. The van der Waals surface area contributed by atoms with Crippen LogP contribution in [0.3, 0.4) is 0 Å². The molecule has 0 fully saturated rings. The van der Waals surface area contributed by atoms with Crippen LogP contribution in [0, 0.1) is 12.8 Å². The third-order valence-electron chi connectivity index (χ3n) is 2.50. The van der Waals surface area contributed by atoms with Gasteiger partial charge in [-0.2, -0.15) is 0 Å². The fraction of sp³-hybridized carbons (Fsp3) is 0.308. The van der Waals surface area contributed by atoms with Crippen molar-refractivity contribution >= 4 is 16.8 Å². The van der Waals surface area contributed by atoms with Gasteiger partial charge in [0.2, 0.25) is 0 Å². The highest BCUT2D eigenvalue weighted by molar-refractivity contribution is 5.98. The SMILES string of the molecule is Cc1nc2ccccc2nc1C(=O)C(C)C. The lowest BCUT2D eigenvalue weighted by Crippen LogP contribution is -2.12. The highest BCUT2D eigenvalue weighted by Crippen LogP contribution is 2.15. The van der Waals surface area contributed by atoms with Gasteiger partial charge in [-0.3, -0.25) is 4.79 Å². The third-order valence-corrected chi connectivity index (χ3v) is 2.50. The van der Waals surface area contributed by atoms with Crippen molar-refractivity contribution < 1.29 is 4.79 Å². The summed E-state index contributed by atoms with van der Waals surface area (Å²) in [7, 11) is 0. The lowest BCUT2D eigenvalue weighted by molar-refractivity contribution is 0.0933. The summed E-state index contributed by atoms with van der Waals surface area (Å²) in [6.07, 6.45) is 0. The first-order valence-electron chi connectivity index (χ1n) is 5.37. The maximum Gasteiger partial charge on any atom is 0.185 e. The summed E-state index contributed by atoms with van der Waals surface area (Å²) in [6, 6.07) is 7.59. The largest absolute Gasteiger partial charge is 0.292 e. The minimum atomic E-state index is -0.0471. The molecule has 0 radical (unpaired) electrons. The molecule has 0 bridgehead atoms. The number of benzene rings is 1. The molecular weight excluding hydrogens is 200 g/mol. The first kappa shape index (κ1) is 10.7. The highest BCUT2D eigenvalue weighted by Gasteiger charge is 2.16. The van der Waals surface area contributed by atoms with E-state index in [2.05, 4.69) is 9.97 Å². The van der Waals surface area contributed by atoms with Gasteiger partial charge in [0.05, 0.1) is 16.7 Å². The Morgan fingerprint density at radius 1 is 1.12 bits per heavy atom. The van der Waals surface area contributed by atoms with Crippen molar-refractivity contribution in [3.63, 3.8) is 0 Å². The van der Waals surface area contributed by atoms with Gasteiger partial charge in [-0.1, -0.05) is 26.0 Å². The van der Waals surface area contributed by atoms with Crippen molar-refractivity contribution in [1.29, 1.82) is 0 Å². The van der Waals surface area contributed by atoms with Crippen molar-refractivity contribution in [3.8, 4) is 0 Å². The van der Waals surface area contributed by atoms with Crippen molar-refractivity contribution in [3.05, 3.63) is 35.7 Å². The standard InChI is InChI=1S/C13H14N2O/c1-8(2)13(16)12-9(3)14-10-6-4-5-7-11(10)15-12/h4-8H,1-3H3. The van der Waals surface area contributed by atoms with E-state index in [1.54, 1.807) is 0 Å². The maximum atomic E-state index is 11.9. The molecule has 2 rings (SSSR count). The molecule has 1 aromatic heterocycles. The van der Waals surface area contributed by atoms with Crippen molar-refractivity contribution in [2.75, 3.05) is 0 Å². The lowest BCUT2D eigenvalue weighted by Gasteiger charge is -2.07. The molecule has 0 unspecified atom stereocenters. The van der Waals surface area contributed by atoms with Crippen LogP contribution in [0.4, 0.5) is 0 Å². The van der Waals surface area contributed by atoms with E-state index in [1.807, 2.05) is 45.0 Å². The number of ketones is 1. The van der Waals surface area contributed by atoms with Gasteiger partial charge in [-0.15, -0.1) is 0 Å². The molecule has 0 saturated carbocycles. The van der Waals surface area contributed by atoms with Gasteiger partial charge < -0.3 is 0 Å². The Labute approximate surface area is 94.5 Å². The van der Waals surface area contributed by atoms with Crippen LogP contribution in [0.2, 0.25) is 0 Å². The number of nitrogens with zero attached hydrogens (tertiary/aromatic N) is 2. The van der Waals surface area contributed by atoms with Gasteiger partial charge in [0, 0.05) is 5.92 Å². The van der Waals surface area contributed by atoms with Gasteiger partial charge in [-0.25, -0.2) is 9.97 Å². The molecule has 82 valence electrons. The molecule has 0 N–H and O–H groups in total. The Balaban J connectivity index is 2.63. The predicted octanol–water partition coefficient (Wildman–Crippen LogP) is 2.78. The van der Waals surface area contributed by atoms with Gasteiger partial charge in [0.1, 0.15) is 5.69 Å². The maximum absolute atomic E-state index is 11.9. The number of fused-ring (bicyclic) bond motifs is 1. The Morgan fingerprint density at radius 2 is 1.69 bits per heavy atom. The smallest absolute Gasteiger partial charge is 0.185 e. The highest BCUT2D eigenvalue weighted by atomic mass is 16.1. The van der Waals surface area contributed by atoms with Crippen LogP contribution in [0.1, 0.15) is 30.0 Å². The fourth-order valence-electron chi connectivity index (χ4n) is 1.60. The molecule has 1 aromatic carbocycles. The summed E-state index contributed by atoms with van der Waals surface area (Å²) in [5.41, 5.74) is 2.81. The van der Waals surface area contributed by atoms with Crippen LogP contribution in [0.15, 0.2) is 24.3 Å². The number of carbonyl (C=O) groups is 1. The summed E-state index contributed by atoms with van der Waals surface area (Å²) in [5.74, 6) is 0.00455. The average molecular weight is 214 g/mol. The summed E-state index contributed by atoms with van der Waals surface area (Å²) in [6.45, 7) is 5.58. The number of carbonyl (C=O) groups excluding carboxylic acids is 1. The number of hydrogen-bond acceptors (Lipinski definition) is 3. The van der Waals surface area contributed by atoms with Crippen LogP contribution in [0.5, 0.6) is 0 Å². The quantitative estimate of drug-likeness (QED) is 0.722. The molecule has 1 heterocycles. The number of aromatic nitrogens is 2. The predicted molar refractivity (Wildman–Crippen MR) is 63.4 cm³/mol. The second-order valence-corrected chi connectivity index (χ2v) is 4.17. The summed E-state index contributed by atoms with van der Waals surface area (Å²) in [4.78, 5) is 20.7. The average Bonchev–Trinajstić information content (AvgIpc) is 2.27. The van der Waals surface area contributed by atoms with Crippen LogP contribution in [0.25, 0.3) is 11.0 Å². The Bertz CT molecular complexity index is 547. The van der Waals surface area contributed by atoms with E-state index >= 15 is 0 Å².